The number of aromatic nitrogens is 1. The standard InChI is InChI=1S/C23H30N6O9/c24-13(5-6-18(25)31)20(34)27-16(8-19(32)33)22(36)28-15(21(35)29-17(10-30)23(37)38)7-11-9-26-14-4-2-1-3-12(11)14/h1-4,9,13,15-17,26,30H,5-8,10,24H2,(H2,25,31)(H,27,34)(H,28,36)(H,29,35)(H,32,33)(H,37,38). The van der Waals surface area contributed by atoms with Crippen LogP contribution in [0.3, 0.4) is 0 Å². The monoisotopic (exact) mass is 534 g/mol. The minimum absolute atomic E-state index is 0.147. The molecule has 1 aromatic carbocycles. The van der Waals surface area contributed by atoms with Crippen LogP contribution in [0.5, 0.6) is 0 Å². The third kappa shape index (κ3) is 8.56. The number of carboxylic acids is 2. The van der Waals surface area contributed by atoms with E-state index < -0.39 is 72.8 Å². The fraction of sp³-hybridized carbons (Fsp3) is 0.391. The van der Waals surface area contributed by atoms with Gasteiger partial charge in [-0.1, -0.05) is 18.2 Å². The van der Waals surface area contributed by atoms with Crippen molar-refractivity contribution in [1.82, 2.24) is 20.9 Å². The molecule has 2 aromatic rings. The normalized spacial score (nSPS) is 14.1. The number of carbonyl (C=O) groups excluding carboxylic acids is 4. The third-order valence-corrected chi connectivity index (χ3v) is 5.58. The Kier molecular flexibility index (Phi) is 10.7. The van der Waals surface area contributed by atoms with E-state index >= 15 is 0 Å². The highest BCUT2D eigenvalue weighted by molar-refractivity contribution is 5.96. The molecule has 38 heavy (non-hydrogen) atoms. The van der Waals surface area contributed by atoms with Gasteiger partial charge in [0.15, 0.2) is 0 Å². The molecule has 0 aliphatic rings. The van der Waals surface area contributed by atoms with Crippen LogP contribution in [-0.2, 0) is 35.2 Å². The maximum absolute atomic E-state index is 13.0. The fourth-order valence-corrected chi connectivity index (χ4v) is 3.55. The number of H-pyrrole nitrogens is 1. The second-order valence-corrected chi connectivity index (χ2v) is 8.48. The Labute approximate surface area is 215 Å². The molecule has 1 heterocycles. The highest BCUT2D eigenvalue weighted by Gasteiger charge is 2.32. The van der Waals surface area contributed by atoms with Crippen LogP contribution in [0.4, 0.5) is 0 Å². The van der Waals surface area contributed by atoms with Crippen LogP contribution in [0.2, 0.25) is 0 Å². The van der Waals surface area contributed by atoms with Gasteiger partial charge in [-0.15, -0.1) is 0 Å². The largest absolute Gasteiger partial charge is 0.481 e. The molecule has 0 saturated heterocycles. The molecule has 4 unspecified atom stereocenters. The first-order valence-corrected chi connectivity index (χ1v) is 11.5. The Hall–Kier alpha value is -4.50. The molecule has 0 radical (unpaired) electrons. The van der Waals surface area contributed by atoms with Gasteiger partial charge in [-0.05, 0) is 18.1 Å². The van der Waals surface area contributed by atoms with E-state index in [2.05, 4.69) is 20.9 Å². The van der Waals surface area contributed by atoms with Gasteiger partial charge in [0.25, 0.3) is 0 Å². The summed E-state index contributed by atoms with van der Waals surface area (Å²) in [5, 5.41) is 35.1. The number of aliphatic carboxylic acids is 2. The zero-order valence-corrected chi connectivity index (χ0v) is 20.2. The van der Waals surface area contributed by atoms with Crippen molar-refractivity contribution in [3.05, 3.63) is 36.0 Å². The predicted octanol–water partition coefficient (Wildman–Crippen LogP) is -2.69. The highest BCUT2D eigenvalue weighted by Crippen LogP contribution is 2.19. The SMILES string of the molecule is NC(=O)CCC(N)C(=O)NC(CC(=O)O)C(=O)NC(Cc1c[nH]c2ccccc12)C(=O)NC(CO)C(=O)O. The minimum Gasteiger partial charge on any atom is -0.481 e. The molecule has 11 N–H and O–H groups in total. The van der Waals surface area contributed by atoms with Crippen LogP contribution in [0.15, 0.2) is 30.5 Å². The summed E-state index contributed by atoms with van der Waals surface area (Å²) in [5.41, 5.74) is 12.0. The third-order valence-electron chi connectivity index (χ3n) is 5.58. The summed E-state index contributed by atoms with van der Waals surface area (Å²) in [4.78, 5) is 75.0. The maximum atomic E-state index is 13.0. The van der Waals surface area contributed by atoms with Crippen molar-refractivity contribution < 1.29 is 44.1 Å². The number of amides is 4. The van der Waals surface area contributed by atoms with Gasteiger partial charge < -0.3 is 47.7 Å². The molecule has 0 aliphatic carbocycles. The van der Waals surface area contributed by atoms with Crippen molar-refractivity contribution >= 4 is 46.5 Å². The molecule has 15 heteroatoms. The molecule has 15 nitrogen and oxygen atoms in total. The molecule has 0 fully saturated rings. The molecule has 0 bridgehead atoms. The Bertz CT molecular complexity index is 1200. The second kappa shape index (κ2) is 13.7. The van der Waals surface area contributed by atoms with E-state index in [0.29, 0.717) is 10.9 Å². The van der Waals surface area contributed by atoms with Crippen molar-refractivity contribution in [3.8, 4) is 0 Å². The zero-order chi connectivity index (χ0) is 28.4. The van der Waals surface area contributed by atoms with Crippen molar-refractivity contribution in [1.29, 1.82) is 0 Å². The summed E-state index contributed by atoms with van der Waals surface area (Å²) in [7, 11) is 0. The molecule has 2 rings (SSSR count). The smallest absolute Gasteiger partial charge is 0.328 e. The number of carboxylic acid groups (broad SMARTS) is 2. The predicted molar refractivity (Wildman–Crippen MR) is 131 cm³/mol. The number of primary amides is 1. The minimum atomic E-state index is -1.66. The van der Waals surface area contributed by atoms with E-state index in [0.717, 1.165) is 5.52 Å². The number of nitrogens with two attached hydrogens (primary N) is 2. The van der Waals surface area contributed by atoms with Gasteiger partial charge in [-0.25, -0.2) is 4.79 Å². The Morgan fingerprint density at radius 3 is 2.11 bits per heavy atom. The number of aliphatic hydroxyl groups is 1. The number of rotatable bonds is 15. The number of aliphatic hydroxyl groups excluding tert-OH is 1. The molecular weight excluding hydrogens is 504 g/mol. The molecule has 1 aromatic heterocycles. The van der Waals surface area contributed by atoms with Gasteiger partial charge in [0, 0.05) is 29.9 Å². The quantitative estimate of drug-likeness (QED) is 0.114. The molecule has 4 amide bonds. The van der Waals surface area contributed by atoms with Crippen LogP contribution >= 0.6 is 0 Å². The van der Waals surface area contributed by atoms with E-state index in [1.54, 1.807) is 30.5 Å². The number of nitrogens with one attached hydrogen (secondary N) is 4. The van der Waals surface area contributed by atoms with E-state index in [9.17, 15) is 44.1 Å². The summed E-state index contributed by atoms with van der Waals surface area (Å²) in [6, 6.07) is 1.05. The van der Waals surface area contributed by atoms with Crippen LogP contribution in [0.25, 0.3) is 10.9 Å². The summed E-state index contributed by atoms with van der Waals surface area (Å²) >= 11 is 0. The number of fused-ring (bicyclic) bond motifs is 1. The Morgan fingerprint density at radius 1 is 0.895 bits per heavy atom. The number of hydrogen-bond acceptors (Lipinski definition) is 8. The molecule has 0 aliphatic heterocycles. The van der Waals surface area contributed by atoms with E-state index in [1.807, 2.05) is 0 Å². The van der Waals surface area contributed by atoms with E-state index in [-0.39, 0.29) is 19.3 Å². The lowest BCUT2D eigenvalue weighted by Gasteiger charge is -2.24. The van der Waals surface area contributed by atoms with Crippen LogP contribution in [0, 0.1) is 0 Å². The van der Waals surface area contributed by atoms with Gasteiger partial charge in [-0.2, -0.15) is 0 Å². The van der Waals surface area contributed by atoms with Crippen LogP contribution in [0.1, 0.15) is 24.8 Å². The summed E-state index contributed by atoms with van der Waals surface area (Å²) in [5.74, 6) is -6.61. The van der Waals surface area contributed by atoms with Crippen LogP contribution in [-0.4, -0.2) is 86.6 Å². The zero-order valence-electron chi connectivity index (χ0n) is 20.2. The van der Waals surface area contributed by atoms with Crippen LogP contribution < -0.4 is 27.4 Å². The van der Waals surface area contributed by atoms with Gasteiger partial charge in [-0.3, -0.25) is 24.0 Å². The van der Waals surface area contributed by atoms with Gasteiger partial charge in [0.1, 0.15) is 18.1 Å². The molecule has 0 spiro atoms. The summed E-state index contributed by atoms with van der Waals surface area (Å²) < 4.78 is 0. The van der Waals surface area contributed by atoms with E-state index in [4.69, 9.17) is 11.5 Å². The first-order chi connectivity index (χ1) is 17.9. The first kappa shape index (κ1) is 29.7. The Balaban J connectivity index is 2.28. The number of aromatic amines is 1. The molecule has 4 atom stereocenters. The van der Waals surface area contributed by atoms with E-state index in [1.165, 1.54) is 0 Å². The summed E-state index contributed by atoms with van der Waals surface area (Å²) in [6.45, 7) is -0.921. The molecule has 0 saturated carbocycles. The van der Waals surface area contributed by atoms with Crippen molar-refractivity contribution in [3.63, 3.8) is 0 Å². The topological polar surface area (TPSA) is 267 Å². The molecular formula is C23H30N6O9. The fourth-order valence-electron chi connectivity index (χ4n) is 3.55. The average Bonchev–Trinajstić information content (AvgIpc) is 3.26. The van der Waals surface area contributed by atoms with Gasteiger partial charge >= 0.3 is 11.9 Å². The lowest BCUT2D eigenvalue weighted by molar-refractivity contribution is -0.144. The van der Waals surface area contributed by atoms with Gasteiger partial charge in [0.05, 0.1) is 19.1 Å². The van der Waals surface area contributed by atoms with Crippen molar-refractivity contribution in [2.45, 2.75) is 49.9 Å². The Morgan fingerprint density at radius 2 is 1.50 bits per heavy atom. The number of benzene rings is 1. The highest BCUT2D eigenvalue weighted by atomic mass is 16.4. The lowest BCUT2D eigenvalue weighted by Crippen LogP contribution is -2.58. The first-order valence-electron chi connectivity index (χ1n) is 11.5. The molecule has 206 valence electrons. The number of carbonyl (C=O) groups is 6. The van der Waals surface area contributed by atoms with Gasteiger partial charge in [0.2, 0.25) is 23.6 Å². The second-order valence-electron chi connectivity index (χ2n) is 8.48. The van der Waals surface area contributed by atoms with Crippen molar-refractivity contribution in [2.75, 3.05) is 6.61 Å². The summed E-state index contributed by atoms with van der Waals surface area (Å²) in [6.07, 6.45) is 0.214. The van der Waals surface area contributed by atoms with Crippen molar-refractivity contribution in [2.24, 2.45) is 11.5 Å². The maximum Gasteiger partial charge on any atom is 0.328 e. The lowest BCUT2D eigenvalue weighted by atomic mass is 10.0. The average molecular weight is 535 g/mol. The number of hydrogen-bond donors (Lipinski definition) is 9. The number of para-hydroxylation sites is 1.